The number of hydrogen-bond donors (Lipinski definition) is 2. The molecule has 2 N–H and O–H groups in total. The van der Waals surface area contributed by atoms with Gasteiger partial charge in [-0.3, -0.25) is 20.4 Å². The topological polar surface area (TPSA) is 85.9 Å². The van der Waals surface area contributed by atoms with E-state index in [4.69, 9.17) is 37.4 Å². The summed E-state index contributed by atoms with van der Waals surface area (Å²) < 4.78 is 15.8. The third kappa shape index (κ3) is 6.54. The fourth-order valence-electron chi connectivity index (χ4n) is 1.98. The molecule has 0 aliphatic rings. The van der Waals surface area contributed by atoms with E-state index in [1.165, 1.54) is 13.2 Å². The number of benzene rings is 2. The number of amides is 2. The molecule has 0 aliphatic heterocycles. The van der Waals surface area contributed by atoms with Crippen molar-refractivity contribution < 1.29 is 23.8 Å². The van der Waals surface area contributed by atoms with E-state index in [-0.39, 0.29) is 18.2 Å². The van der Waals surface area contributed by atoms with Gasteiger partial charge in [-0.15, -0.1) is 0 Å². The number of hydrazine groups is 1. The summed E-state index contributed by atoms with van der Waals surface area (Å²) in [6.45, 7) is 1.27. The minimum Gasteiger partial charge on any atom is -0.493 e. The van der Waals surface area contributed by atoms with Gasteiger partial charge in [0.1, 0.15) is 5.75 Å². The van der Waals surface area contributed by atoms with Crippen molar-refractivity contribution in [1.29, 1.82) is 0 Å². The van der Waals surface area contributed by atoms with Crippen LogP contribution in [0.1, 0.15) is 5.56 Å². The average molecular weight is 413 g/mol. The SMILES string of the molecule is COc1cc(C)ccc1OCC(=O)NNC(=O)COc1ccc(Cl)cc1Cl. The quantitative estimate of drug-likeness (QED) is 0.682. The Kier molecular flexibility index (Phi) is 7.57. The summed E-state index contributed by atoms with van der Waals surface area (Å²) in [6, 6.07) is 9.93. The molecule has 0 fully saturated rings. The highest BCUT2D eigenvalue weighted by Crippen LogP contribution is 2.28. The molecule has 2 rings (SSSR count). The standard InChI is InChI=1S/C18H18Cl2N2O5/c1-11-3-5-15(16(7-11)25-2)27-10-18(24)22-21-17(23)9-26-14-6-4-12(19)8-13(14)20/h3-8H,9-10H2,1-2H3,(H,21,23)(H,22,24). The van der Waals surface area contributed by atoms with Crippen molar-refractivity contribution in [1.82, 2.24) is 10.9 Å². The minimum atomic E-state index is -0.567. The van der Waals surface area contributed by atoms with Gasteiger partial charge in [0.2, 0.25) is 0 Å². The van der Waals surface area contributed by atoms with E-state index in [9.17, 15) is 9.59 Å². The highest BCUT2D eigenvalue weighted by molar-refractivity contribution is 6.35. The summed E-state index contributed by atoms with van der Waals surface area (Å²) in [5.41, 5.74) is 5.43. The first kappa shape index (κ1) is 20.7. The van der Waals surface area contributed by atoms with Crippen LogP contribution in [0.5, 0.6) is 17.2 Å². The molecule has 2 amide bonds. The summed E-state index contributed by atoms with van der Waals surface area (Å²) in [4.78, 5) is 23.5. The van der Waals surface area contributed by atoms with Gasteiger partial charge < -0.3 is 14.2 Å². The number of carbonyl (C=O) groups excluding carboxylic acids is 2. The van der Waals surface area contributed by atoms with Crippen LogP contribution in [-0.4, -0.2) is 32.1 Å². The maximum absolute atomic E-state index is 11.8. The molecule has 0 aliphatic carbocycles. The zero-order valence-corrected chi connectivity index (χ0v) is 16.2. The molecular weight excluding hydrogens is 395 g/mol. The Labute approximate surface area is 166 Å². The van der Waals surface area contributed by atoms with Crippen LogP contribution < -0.4 is 25.1 Å². The highest BCUT2D eigenvalue weighted by atomic mass is 35.5. The first-order valence-corrected chi connectivity index (χ1v) is 8.57. The Bertz CT molecular complexity index is 829. The second-order valence-corrected chi connectivity index (χ2v) is 6.25. The predicted molar refractivity (Wildman–Crippen MR) is 101 cm³/mol. The predicted octanol–water partition coefficient (Wildman–Crippen LogP) is 2.92. The van der Waals surface area contributed by atoms with Gasteiger partial charge in [-0.1, -0.05) is 29.3 Å². The van der Waals surface area contributed by atoms with Crippen molar-refractivity contribution in [2.75, 3.05) is 20.3 Å². The Morgan fingerprint density at radius 1 is 0.889 bits per heavy atom. The lowest BCUT2D eigenvalue weighted by Crippen LogP contribution is -2.45. The number of methoxy groups -OCH3 is 1. The van der Waals surface area contributed by atoms with Crippen LogP contribution in [0.25, 0.3) is 0 Å². The molecule has 0 radical (unpaired) electrons. The molecule has 0 bridgehead atoms. The van der Waals surface area contributed by atoms with Gasteiger partial charge in [0.05, 0.1) is 12.1 Å². The largest absolute Gasteiger partial charge is 0.493 e. The van der Waals surface area contributed by atoms with Crippen LogP contribution >= 0.6 is 23.2 Å². The molecule has 0 spiro atoms. The van der Waals surface area contributed by atoms with E-state index >= 15 is 0 Å². The zero-order valence-electron chi connectivity index (χ0n) is 14.7. The molecule has 2 aromatic carbocycles. The zero-order chi connectivity index (χ0) is 19.8. The number of rotatable bonds is 7. The van der Waals surface area contributed by atoms with Crippen molar-refractivity contribution in [2.24, 2.45) is 0 Å². The van der Waals surface area contributed by atoms with Crippen molar-refractivity contribution in [3.8, 4) is 17.2 Å². The lowest BCUT2D eigenvalue weighted by Gasteiger charge is -2.12. The normalized spacial score (nSPS) is 10.1. The second kappa shape index (κ2) is 9.89. The highest BCUT2D eigenvalue weighted by Gasteiger charge is 2.10. The van der Waals surface area contributed by atoms with Gasteiger partial charge >= 0.3 is 0 Å². The van der Waals surface area contributed by atoms with Crippen LogP contribution in [0.4, 0.5) is 0 Å². The third-order valence-electron chi connectivity index (χ3n) is 3.27. The van der Waals surface area contributed by atoms with Crippen molar-refractivity contribution in [2.45, 2.75) is 6.92 Å². The van der Waals surface area contributed by atoms with Gasteiger partial charge in [-0.2, -0.15) is 0 Å². The number of aryl methyl sites for hydroxylation is 1. The smallest absolute Gasteiger partial charge is 0.276 e. The molecule has 0 heterocycles. The van der Waals surface area contributed by atoms with E-state index in [0.29, 0.717) is 22.3 Å². The van der Waals surface area contributed by atoms with E-state index in [1.54, 1.807) is 24.3 Å². The summed E-state index contributed by atoms with van der Waals surface area (Å²) in [7, 11) is 1.51. The molecule has 27 heavy (non-hydrogen) atoms. The van der Waals surface area contributed by atoms with Crippen LogP contribution in [0, 0.1) is 6.92 Å². The maximum Gasteiger partial charge on any atom is 0.276 e. The van der Waals surface area contributed by atoms with Crippen molar-refractivity contribution in [3.05, 3.63) is 52.0 Å². The molecule has 0 aromatic heterocycles. The monoisotopic (exact) mass is 412 g/mol. The fraction of sp³-hybridized carbons (Fsp3) is 0.222. The molecule has 144 valence electrons. The second-order valence-electron chi connectivity index (χ2n) is 5.40. The Hall–Kier alpha value is -2.64. The lowest BCUT2D eigenvalue weighted by molar-refractivity contribution is -0.131. The molecule has 0 unspecified atom stereocenters. The van der Waals surface area contributed by atoms with Crippen LogP contribution in [0.15, 0.2) is 36.4 Å². The van der Waals surface area contributed by atoms with Gasteiger partial charge in [-0.25, -0.2) is 0 Å². The van der Waals surface area contributed by atoms with Crippen molar-refractivity contribution in [3.63, 3.8) is 0 Å². The maximum atomic E-state index is 11.8. The first-order chi connectivity index (χ1) is 12.9. The fourth-order valence-corrected chi connectivity index (χ4v) is 2.45. The van der Waals surface area contributed by atoms with Crippen LogP contribution in [-0.2, 0) is 9.59 Å². The van der Waals surface area contributed by atoms with Gasteiger partial charge in [0, 0.05) is 5.02 Å². The van der Waals surface area contributed by atoms with E-state index in [2.05, 4.69) is 10.9 Å². The van der Waals surface area contributed by atoms with E-state index in [1.807, 2.05) is 13.0 Å². The number of halogens is 2. The Morgan fingerprint density at radius 2 is 1.48 bits per heavy atom. The number of carbonyl (C=O) groups is 2. The van der Waals surface area contributed by atoms with Gasteiger partial charge in [-0.05, 0) is 42.8 Å². The molecular formula is C18H18Cl2N2O5. The van der Waals surface area contributed by atoms with Crippen molar-refractivity contribution >= 4 is 35.0 Å². The summed E-state index contributed by atoms with van der Waals surface area (Å²) in [6.07, 6.45) is 0. The molecule has 9 heteroatoms. The number of nitrogens with one attached hydrogen (secondary N) is 2. The molecule has 2 aromatic rings. The summed E-state index contributed by atoms with van der Waals surface area (Å²) >= 11 is 11.7. The number of ether oxygens (including phenoxy) is 3. The molecule has 0 saturated carbocycles. The molecule has 0 saturated heterocycles. The van der Waals surface area contributed by atoms with Gasteiger partial charge in [0.25, 0.3) is 11.8 Å². The van der Waals surface area contributed by atoms with Gasteiger partial charge in [0.15, 0.2) is 24.7 Å². The average Bonchev–Trinajstić information content (AvgIpc) is 2.64. The summed E-state index contributed by atoms with van der Waals surface area (Å²) in [5, 5.41) is 0.731. The van der Waals surface area contributed by atoms with Crippen LogP contribution in [0.2, 0.25) is 10.0 Å². The lowest BCUT2D eigenvalue weighted by atomic mass is 10.2. The Morgan fingerprint density at radius 3 is 2.07 bits per heavy atom. The van der Waals surface area contributed by atoms with E-state index < -0.39 is 11.8 Å². The Balaban J connectivity index is 1.74. The van der Waals surface area contributed by atoms with E-state index in [0.717, 1.165) is 5.56 Å². The first-order valence-electron chi connectivity index (χ1n) is 7.82. The third-order valence-corrected chi connectivity index (χ3v) is 3.80. The molecule has 7 nitrogen and oxygen atoms in total. The number of hydrogen-bond acceptors (Lipinski definition) is 5. The summed E-state index contributed by atoms with van der Waals surface area (Å²) in [5.74, 6) is 0.125. The minimum absolute atomic E-state index is 0.278. The van der Waals surface area contributed by atoms with Crippen LogP contribution in [0.3, 0.4) is 0 Å². The molecule has 0 atom stereocenters.